The van der Waals surface area contributed by atoms with Crippen molar-refractivity contribution in [2.45, 2.75) is 6.10 Å². The van der Waals surface area contributed by atoms with Gasteiger partial charge in [-0.25, -0.2) is 4.98 Å². The summed E-state index contributed by atoms with van der Waals surface area (Å²) in [4.78, 5) is 9.46. The molecule has 1 aromatic heterocycles. The highest BCUT2D eigenvalue weighted by Crippen LogP contribution is 2.37. The third-order valence-corrected chi connectivity index (χ3v) is 8.45. The van der Waals surface area contributed by atoms with E-state index in [0.717, 1.165) is 70.2 Å². The standard InChI is InChI=1S/C34H30Cl3N3O2/c35-24-11-14-32-29(19-24)28(27-5-1-2-6-30(27)36)20-33(38-32)23-9-12-26(13-10-23)42-22-25(41)21-39-15-17-40(18-16-39)34-8-4-3-7-31(34)37/h1-14,19-20,25,41H,15-18,21-22H2. The number of halogens is 3. The fourth-order valence-electron chi connectivity index (χ4n) is 5.39. The molecule has 4 aromatic carbocycles. The van der Waals surface area contributed by atoms with Crippen molar-refractivity contribution in [1.29, 1.82) is 0 Å². The first kappa shape index (κ1) is 28.8. The lowest BCUT2D eigenvalue weighted by Crippen LogP contribution is -2.49. The van der Waals surface area contributed by atoms with Crippen LogP contribution in [0.3, 0.4) is 0 Å². The summed E-state index contributed by atoms with van der Waals surface area (Å²) >= 11 is 19.3. The number of β-amino-alcohol motifs (C(OH)–C–C–N with tert-alkyl or cyclic N) is 1. The predicted molar refractivity (Wildman–Crippen MR) is 174 cm³/mol. The maximum Gasteiger partial charge on any atom is 0.119 e. The molecule has 0 spiro atoms. The number of nitrogens with zero attached hydrogens (tertiary/aromatic N) is 3. The van der Waals surface area contributed by atoms with E-state index in [1.165, 1.54) is 0 Å². The van der Waals surface area contributed by atoms with E-state index >= 15 is 0 Å². The Balaban J connectivity index is 1.09. The minimum Gasteiger partial charge on any atom is -0.491 e. The fourth-order valence-corrected chi connectivity index (χ4v) is 6.06. The van der Waals surface area contributed by atoms with Gasteiger partial charge in [0.2, 0.25) is 0 Å². The Morgan fingerprint density at radius 3 is 2.21 bits per heavy atom. The number of aliphatic hydroxyl groups is 1. The topological polar surface area (TPSA) is 48.8 Å². The number of aliphatic hydroxyl groups excluding tert-OH is 1. The summed E-state index contributed by atoms with van der Waals surface area (Å²) in [7, 11) is 0. The molecule has 8 heteroatoms. The Morgan fingerprint density at radius 1 is 0.762 bits per heavy atom. The van der Waals surface area contributed by atoms with Crippen LogP contribution in [0.4, 0.5) is 5.69 Å². The van der Waals surface area contributed by atoms with Gasteiger partial charge in [-0.3, -0.25) is 4.90 Å². The molecule has 0 aliphatic carbocycles. The second-order valence-electron chi connectivity index (χ2n) is 10.4. The number of para-hydroxylation sites is 1. The second kappa shape index (κ2) is 12.9. The van der Waals surface area contributed by atoms with Gasteiger partial charge in [0.15, 0.2) is 0 Å². The van der Waals surface area contributed by atoms with Gasteiger partial charge in [0.25, 0.3) is 0 Å². The smallest absolute Gasteiger partial charge is 0.119 e. The number of hydrogen-bond donors (Lipinski definition) is 1. The number of pyridine rings is 1. The van der Waals surface area contributed by atoms with Gasteiger partial charge in [0.1, 0.15) is 18.5 Å². The highest BCUT2D eigenvalue weighted by atomic mass is 35.5. The zero-order chi connectivity index (χ0) is 29.1. The van der Waals surface area contributed by atoms with Crippen molar-refractivity contribution in [1.82, 2.24) is 9.88 Å². The zero-order valence-electron chi connectivity index (χ0n) is 22.9. The molecule has 0 bridgehead atoms. The van der Waals surface area contributed by atoms with Crippen molar-refractivity contribution in [3.63, 3.8) is 0 Å². The molecule has 1 fully saturated rings. The summed E-state index contributed by atoms with van der Waals surface area (Å²) in [5.41, 5.74) is 5.57. The lowest BCUT2D eigenvalue weighted by Gasteiger charge is -2.37. The van der Waals surface area contributed by atoms with Gasteiger partial charge >= 0.3 is 0 Å². The fraction of sp³-hybridized carbons (Fsp3) is 0.206. The van der Waals surface area contributed by atoms with Gasteiger partial charge in [-0.1, -0.05) is 65.1 Å². The summed E-state index contributed by atoms with van der Waals surface area (Å²) in [6.45, 7) is 4.23. The van der Waals surface area contributed by atoms with Gasteiger partial charge in [0.05, 0.1) is 21.9 Å². The summed E-state index contributed by atoms with van der Waals surface area (Å²) < 4.78 is 5.94. The zero-order valence-corrected chi connectivity index (χ0v) is 25.2. The minimum atomic E-state index is -0.594. The molecule has 1 N–H and O–H groups in total. The molecular formula is C34H30Cl3N3O2. The lowest BCUT2D eigenvalue weighted by molar-refractivity contribution is 0.0663. The number of ether oxygens (including phenoxy) is 1. The quantitative estimate of drug-likeness (QED) is 0.190. The van der Waals surface area contributed by atoms with Crippen LogP contribution in [0.25, 0.3) is 33.3 Å². The summed E-state index contributed by atoms with van der Waals surface area (Å²) in [6, 6.07) is 31.2. The summed E-state index contributed by atoms with van der Waals surface area (Å²) in [5, 5.41) is 13.7. The highest BCUT2D eigenvalue weighted by molar-refractivity contribution is 6.34. The summed E-state index contributed by atoms with van der Waals surface area (Å²) in [5.74, 6) is 0.695. The minimum absolute atomic E-state index is 0.218. The van der Waals surface area contributed by atoms with E-state index in [1.807, 2.05) is 91.0 Å². The molecule has 1 aliphatic rings. The SMILES string of the molecule is OC(COc1ccc(-c2cc(-c3ccccc3Cl)c3cc(Cl)ccc3n2)cc1)CN1CCN(c2ccccc2Cl)CC1. The number of fused-ring (bicyclic) bond motifs is 1. The van der Waals surface area contributed by atoms with Crippen molar-refractivity contribution < 1.29 is 9.84 Å². The van der Waals surface area contributed by atoms with Crippen LogP contribution in [0, 0.1) is 0 Å². The first-order valence-corrected chi connectivity index (χ1v) is 15.1. The van der Waals surface area contributed by atoms with Crippen LogP contribution in [0.2, 0.25) is 15.1 Å². The Labute approximate surface area is 260 Å². The van der Waals surface area contributed by atoms with Gasteiger partial charge in [-0.15, -0.1) is 0 Å². The van der Waals surface area contributed by atoms with E-state index in [2.05, 4.69) is 15.9 Å². The third-order valence-electron chi connectivity index (χ3n) is 7.56. The van der Waals surface area contributed by atoms with Gasteiger partial charge < -0.3 is 14.7 Å². The van der Waals surface area contributed by atoms with E-state index < -0.39 is 6.10 Å². The Kier molecular flexibility index (Phi) is 8.84. The van der Waals surface area contributed by atoms with Crippen molar-refractivity contribution >= 4 is 51.4 Å². The molecule has 6 rings (SSSR count). The average molecular weight is 619 g/mol. The molecule has 2 heterocycles. The maximum atomic E-state index is 10.7. The molecular weight excluding hydrogens is 589 g/mol. The van der Waals surface area contributed by atoms with Gasteiger partial charge in [-0.2, -0.15) is 0 Å². The first-order chi connectivity index (χ1) is 20.4. The van der Waals surface area contributed by atoms with Crippen LogP contribution >= 0.6 is 34.8 Å². The van der Waals surface area contributed by atoms with E-state index in [-0.39, 0.29) is 6.61 Å². The Hall–Kier alpha value is -3.32. The van der Waals surface area contributed by atoms with Crippen LogP contribution in [0.15, 0.2) is 97.1 Å². The molecule has 1 saturated heterocycles. The van der Waals surface area contributed by atoms with Crippen LogP contribution in [-0.4, -0.2) is 60.4 Å². The van der Waals surface area contributed by atoms with Gasteiger partial charge in [0, 0.05) is 59.3 Å². The van der Waals surface area contributed by atoms with E-state index in [9.17, 15) is 5.11 Å². The number of anilines is 1. The number of hydrogen-bond acceptors (Lipinski definition) is 5. The Morgan fingerprint density at radius 2 is 1.48 bits per heavy atom. The third kappa shape index (κ3) is 6.51. The first-order valence-electron chi connectivity index (χ1n) is 13.9. The maximum absolute atomic E-state index is 10.7. The van der Waals surface area contributed by atoms with Crippen LogP contribution in [-0.2, 0) is 0 Å². The van der Waals surface area contributed by atoms with E-state index in [4.69, 9.17) is 44.5 Å². The molecule has 5 nitrogen and oxygen atoms in total. The molecule has 1 atom stereocenters. The molecule has 5 aromatic rings. The molecule has 0 saturated carbocycles. The van der Waals surface area contributed by atoms with E-state index in [0.29, 0.717) is 22.3 Å². The number of benzene rings is 4. The van der Waals surface area contributed by atoms with Crippen molar-refractivity contribution in [3.8, 4) is 28.1 Å². The van der Waals surface area contributed by atoms with E-state index in [1.54, 1.807) is 0 Å². The van der Waals surface area contributed by atoms with Crippen LogP contribution < -0.4 is 9.64 Å². The number of piperazine rings is 1. The Bertz CT molecular complexity index is 1690. The van der Waals surface area contributed by atoms with Crippen LogP contribution in [0.5, 0.6) is 5.75 Å². The largest absolute Gasteiger partial charge is 0.491 e. The molecule has 0 radical (unpaired) electrons. The lowest BCUT2D eigenvalue weighted by atomic mass is 9.98. The number of rotatable bonds is 8. The van der Waals surface area contributed by atoms with Crippen LogP contribution in [0.1, 0.15) is 0 Å². The monoisotopic (exact) mass is 617 g/mol. The molecule has 214 valence electrons. The van der Waals surface area contributed by atoms with Gasteiger partial charge in [-0.05, 0) is 72.3 Å². The number of aromatic nitrogens is 1. The molecule has 1 aliphatic heterocycles. The van der Waals surface area contributed by atoms with Crippen molar-refractivity contribution in [2.24, 2.45) is 0 Å². The van der Waals surface area contributed by atoms with Crippen molar-refractivity contribution in [2.75, 3.05) is 44.2 Å². The molecule has 1 unspecified atom stereocenters. The average Bonchev–Trinajstić information content (AvgIpc) is 3.01. The highest BCUT2D eigenvalue weighted by Gasteiger charge is 2.21. The molecule has 42 heavy (non-hydrogen) atoms. The normalized spacial score (nSPS) is 14.7. The molecule has 0 amide bonds. The summed E-state index contributed by atoms with van der Waals surface area (Å²) in [6.07, 6.45) is -0.594. The second-order valence-corrected chi connectivity index (χ2v) is 11.7. The predicted octanol–water partition coefficient (Wildman–Crippen LogP) is 8.09. The van der Waals surface area contributed by atoms with Crippen molar-refractivity contribution in [3.05, 3.63) is 112 Å².